The van der Waals surface area contributed by atoms with E-state index in [9.17, 15) is 18.0 Å². The Balaban J connectivity index is 0.00000408. The molecule has 0 unspecified atom stereocenters. The van der Waals surface area contributed by atoms with Gasteiger partial charge < -0.3 is 9.47 Å². The van der Waals surface area contributed by atoms with Crippen molar-refractivity contribution in [2.75, 3.05) is 13.6 Å². The van der Waals surface area contributed by atoms with Crippen LogP contribution in [0.5, 0.6) is 0 Å². The second-order valence-corrected chi connectivity index (χ2v) is 10.4. The van der Waals surface area contributed by atoms with Crippen molar-refractivity contribution in [3.05, 3.63) is 81.0 Å². The van der Waals surface area contributed by atoms with Gasteiger partial charge in [0, 0.05) is 30.7 Å². The van der Waals surface area contributed by atoms with Gasteiger partial charge in [0.25, 0.3) is 5.91 Å². The molecule has 0 saturated heterocycles. The van der Waals surface area contributed by atoms with Crippen LogP contribution in [0.25, 0.3) is 11.1 Å². The number of hydrogen-bond donors (Lipinski definition) is 0. The summed E-state index contributed by atoms with van der Waals surface area (Å²) in [5.74, 6) is -0.484. The van der Waals surface area contributed by atoms with Crippen LogP contribution < -0.4 is 0 Å². The van der Waals surface area contributed by atoms with Crippen LogP contribution in [0, 0.1) is 5.41 Å². The van der Waals surface area contributed by atoms with Crippen LogP contribution in [0.1, 0.15) is 42.5 Å². The average molecular weight is 623 g/mol. The zero-order chi connectivity index (χ0) is 24.6. The summed E-state index contributed by atoms with van der Waals surface area (Å²) in [6, 6.07) is 15.2. The van der Waals surface area contributed by atoms with Crippen molar-refractivity contribution in [3.63, 3.8) is 0 Å². The van der Waals surface area contributed by atoms with Crippen molar-refractivity contribution in [1.29, 1.82) is 0 Å². The van der Waals surface area contributed by atoms with Crippen LogP contribution in [0.15, 0.2) is 59.1 Å². The highest BCUT2D eigenvalue weighted by atomic mass is 79.9. The quantitative estimate of drug-likeness (QED) is 0.281. The molecule has 0 aliphatic rings. The second kappa shape index (κ2) is 10.9. The molecule has 34 heavy (non-hydrogen) atoms. The SMILES string of the molecule is Br.CN(CC(C)(C)C)C(=O)c1c(-c2ccc(Cl)cc2)c(Br)c(C(F)(F)F)n1Cc1ccccc1. The Morgan fingerprint density at radius 3 is 2.09 bits per heavy atom. The van der Waals surface area contributed by atoms with Gasteiger partial charge in [0.05, 0.1) is 4.47 Å². The van der Waals surface area contributed by atoms with E-state index in [-0.39, 0.29) is 44.7 Å². The molecule has 184 valence electrons. The standard InChI is InChI=1S/C25H25BrClF3N2O.BrH/c1-24(2,3)15-31(4)23(33)21-19(17-10-12-18(27)13-11-17)20(26)22(25(28,29)30)32(21)14-16-8-6-5-7-9-16;/h5-13H,14-15H2,1-4H3;1H. The van der Waals surface area contributed by atoms with Crippen molar-refractivity contribution >= 4 is 50.4 Å². The third-order valence-corrected chi connectivity index (χ3v) is 6.07. The van der Waals surface area contributed by atoms with Crippen LogP contribution in [-0.2, 0) is 12.7 Å². The maximum absolute atomic E-state index is 14.3. The van der Waals surface area contributed by atoms with Gasteiger partial charge in [-0.05, 0) is 44.6 Å². The Bertz CT molecular complexity index is 1140. The number of nitrogens with zero attached hydrogens (tertiary/aromatic N) is 2. The van der Waals surface area contributed by atoms with E-state index in [1.54, 1.807) is 61.6 Å². The summed E-state index contributed by atoms with van der Waals surface area (Å²) in [6.07, 6.45) is -4.68. The minimum atomic E-state index is -4.68. The first-order valence-corrected chi connectivity index (χ1v) is 11.5. The van der Waals surface area contributed by atoms with Gasteiger partial charge in [-0.2, -0.15) is 13.2 Å². The molecule has 0 radical (unpaired) electrons. The fraction of sp³-hybridized carbons (Fsp3) is 0.320. The number of hydrogen-bond acceptors (Lipinski definition) is 1. The normalized spacial score (nSPS) is 11.8. The molecule has 0 atom stereocenters. The highest BCUT2D eigenvalue weighted by Gasteiger charge is 2.42. The van der Waals surface area contributed by atoms with Crippen molar-refractivity contribution in [2.45, 2.75) is 33.5 Å². The van der Waals surface area contributed by atoms with Crippen molar-refractivity contribution < 1.29 is 18.0 Å². The van der Waals surface area contributed by atoms with Gasteiger partial charge in [-0.1, -0.05) is 74.8 Å². The highest BCUT2D eigenvalue weighted by Crippen LogP contribution is 2.45. The molecule has 0 fully saturated rings. The van der Waals surface area contributed by atoms with Gasteiger partial charge in [0.1, 0.15) is 11.4 Å². The molecule has 0 aliphatic heterocycles. The molecular weight excluding hydrogens is 597 g/mol. The van der Waals surface area contributed by atoms with Crippen molar-refractivity contribution in [2.24, 2.45) is 5.41 Å². The summed E-state index contributed by atoms with van der Waals surface area (Å²) in [4.78, 5) is 15.2. The molecule has 0 spiro atoms. The molecule has 0 aliphatic carbocycles. The third-order valence-electron chi connectivity index (χ3n) is 5.05. The lowest BCUT2D eigenvalue weighted by Gasteiger charge is -2.27. The first-order valence-electron chi connectivity index (χ1n) is 10.3. The Labute approximate surface area is 221 Å². The number of carbonyl (C=O) groups is 1. The molecule has 2 aromatic carbocycles. The van der Waals surface area contributed by atoms with Crippen LogP contribution in [-0.4, -0.2) is 29.0 Å². The first-order chi connectivity index (χ1) is 15.3. The molecule has 1 heterocycles. The number of rotatable bonds is 5. The predicted molar refractivity (Wildman–Crippen MR) is 140 cm³/mol. The Hall–Kier alpha value is -1.77. The highest BCUT2D eigenvalue weighted by molar-refractivity contribution is 9.10. The number of amides is 1. The maximum atomic E-state index is 14.3. The molecule has 3 aromatic rings. The number of aromatic nitrogens is 1. The summed E-state index contributed by atoms with van der Waals surface area (Å²) in [5.41, 5.74) is 0.166. The lowest BCUT2D eigenvalue weighted by Crippen LogP contribution is -2.36. The van der Waals surface area contributed by atoms with Crippen LogP contribution >= 0.6 is 44.5 Å². The molecule has 3 nitrogen and oxygen atoms in total. The largest absolute Gasteiger partial charge is 0.432 e. The Morgan fingerprint density at radius 2 is 1.59 bits per heavy atom. The summed E-state index contributed by atoms with van der Waals surface area (Å²) in [6.45, 7) is 6.18. The summed E-state index contributed by atoms with van der Waals surface area (Å²) in [7, 11) is 1.61. The van der Waals surface area contributed by atoms with E-state index in [4.69, 9.17) is 11.6 Å². The summed E-state index contributed by atoms with van der Waals surface area (Å²) < 4.78 is 43.9. The third kappa shape index (κ3) is 6.46. The number of alkyl halides is 3. The van der Waals surface area contributed by atoms with Crippen molar-refractivity contribution in [3.8, 4) is 11.1 Å². The monoisotopic (exact) mass is 620 g/mol. The van der Waals surface area contributed by atoms with E-state index >= 15 is 0 Å². The van der Waals surface area contributed by atoms with Gasteiger partial charge in [0.15, 0.2) is 0 Å². The van der Waals surface area contributed by atoms with Crippen LogP contribution in [0.3, 0.4) is 0 Å². The lowest BCUT2D eigenvalue weighted by atomic mass is 9.96. The average Bonchev–Trinajstić information content (AvgIpc) is 2.99. The zero-order valence-electron chi connectivity index (χ0n) is 19.2. The molecule has 0 saturated carbocycles. The van der Waals surface area contributed by atoms with Gasteiger partial charge in [-0.3, -0.25) is 4.79 Å². The molecular formula is C25H26Br2ClF3N2O. The van der Waals surface area contributed by atoms with E-state index < -0.39 is 17.8 Å². The number of benzene rings is 2. The Kier molecular flexibility index (Phi) is 9.10. The first kappa shape index (κ1) is 28.5. The van der Waals surface area contributed by atoms with E-state index in [1.807, 2.05) is 20.8 Å². The Morgan fingerprint density at radius 1 is 1.03 bits per heavy atom. The fourth-order valence-electron chi connectivity index (χ4n) is 3.86. The van der Waals surface area contributed by atoms with Crippen LogP contribution in [0.4, 0.5) is 13.2 Å². The van der Waals surface area contributed by atoms with E-state index in [2.05, 4.69) is 15.9 Å². The van der Waals surface area contributed by atoms with Gasteiger partial charge in [0.2, 0.25) is 0 Å². The number of halogens is 6. The lowest BCUT2D eigenvalue weighted by molar-refractivity contribution is -0.144. The number of carbonyl (C=O) groups excluding carboxylic acids is 1. The molecule has 9 heteroatoms. The minimum Gasteiger partial charge on any atom is -0.340 e. The smallest absolute Gasteiger partial charge is 0.340 e. The maximum Gasteiger partial charge on any atom is 0.432 e. The van der Waals surface area contributed by atoms with E-state index in [1.165, 1.54) is 4.90 Å². The predicted octanol–water partition coefficient (Wildman–Crippen LogP) is 8.33. The molecule has 3 rings (SSSR count). The van der Waals surface area contributed by atoms with Gasteiger partial charge in [-0.15, -0.1) is 17.0 Å². The zero-order valence-corrected chi connectivity index (χ0v) is 23.3. The fourth-order valence-corrected chi connectivity index (χ4v) is 4.84. The second-order valence-electron chi connectivity index (χ2n) is 9.18. The summed E-state index contributed by atoms with van der Waals surface area (Å²) >= 11 is 9.20. The van der Waals surface area contributed by atoms with E-state index in [0.717, 1.165) is 4.57 Å². The molecule has 0 N–H and O–H groups in total. The summed E-state index contributed by atoms with van der Waals surface area (Å²) in [5, 5.41) is 0.451. The minimum absolute atomic E-state index is 0. The molecule has 0 bridgehead atoms. The van der Waals surface area contributed by atoms with Crippen molar-refractivity contribution in [1.82, 2.24) is 9.47 Å². The van der Waals surface area contributed by atoms with E-state index in [0.29, 0.717) is 22.7 Å². The van der Waals surface area contributed by atoms with Gasteiger partial charge >= 0.3 is 6.18 Å². The van der Waals surface area contributed by atoms with Gasteiger partial charge in [-0.25, -0.2) is 0 Å². The molecule has 1 amide bonds. The topological polar surface area (TPSA) is 25.2 Å². The molecule has 1 aromatic heterocycles. The van der Waals surface area contributed by atoms with Crippen LogP contribution in [0.2, 0.25) is 5.02 Å².